The molecule has 4 aliphatic rings. The molecule has 3 fully saturated rings. The highest BCUT2D eigenvalue weighted by atomic mass is 32.2. The van der Waals surface area contributed by atoms with E-state index in [0.29, 0.717) is 24.9 Å². The van der Waals surface area contributed by atoms with E-state index < -0.39 is 0 Å². The molecule has 0 aromatic carbocycles. The Balaban J connectivity index is 1.07. The van der Waals surface area contributed by atoms with Crippen molar-refractivity contribution >= 4 is 28.9 Å². The molecule has 4 aliphatic carbocycles. The number of rotatable bonds is 32. The van der Waals surface area contributed by atoms with Crippen molar-refractivity contribution in [2.75, 3.05) is 46.1 Å². The molecule has 8 atom stereocenters. The Morgan fingerprint density at radius 1 is 0.750 bits per heavy atom. The summed E-state index contributed by atoms with van der Waals surface area (Å²) in [4.78, 5) is 42.5. The lowest BCUT2D eigenvalue weighted by Crippen LogP contribution is -2.48. The van der Waals surface area contributed by atoms with Gasteiger partial charge in [0.05, 0.1) is 0 Å². The molecule has 0 aromatic rings. The zero-order valence-electron chi connectivity index (χ0n) is 42.5. The van der Waals surface area contributed by atoms with Crippen molar-refractivity contribution in [3.63, 3.8) is 0 Å². The van der Waals surface area contributed by atoms with Crippen molar-refractivity contribution in [1.29, 1.82) is 0 Å². The molecule has 4 rings (SSSR count). The van der Waals surface area contributed by atoms with Gasteiger partial charge in [-0.2, -0.15) is 0 Å². The zero-order valence-corrected chi connectivity index (χ0v) is 43.3. The predicted octanol–water partition coefficient (Wildman–Crippen LogP) is 15.0. The summed E-state index contributed by atoms with van der Waals surface area (Å²) in [7, 11) is 4.10. The number of hydrogen-bond acceptors (Lipinski definition) is 7. The second-order valence-corrected chi connectivity index (χ2v) is 22.9. The van der Waals surface area contributed by atoms with Crippen molar-refractivity contribution in [1.82, 2.24) is 9.80 Å². The van der Waals surface area contributed by atoms with Gasteiger partial charge in [0, 0.05) is 44.6 Å². The molecule has 1 amide bonds. The fourth-order valence-electron chi connectivity index (χ4n) is 12.4. The van der Waals surface area contributed by atoms with E-state index >= 15 is 0 Å². The first-order valence-corrected chi connectivity index (χ1v) is 28.2. The molecule has 0 saturated heterocycles. The van der Waals surface area contributed by atoms with E-state index in [1.54, 1.807) is 5.57 Å². The summed E-state index contributed by atoms with van der Waals surface area (Å²) in [5.41, 5.74) is 1.91. The Morgan fingerprint density at radius 2 is 1.42 bits per heavy atom. The number of nitrogens with zero attached hydrogens (tertiary/aromatic N) is 2. The summed E-state index contributed by atoms with van der Waals surface area (Å²) < 4.78 is 11.5. The molecule has 0 N–H and O–H groups in total. The van der Waals surface area contributed by atoms with Gasteiger partial charge in [0.1, 0.15) is 12.7 Å². The maximum absolute atomic E-state index is 13.2. The van der Waals surface area contributed by atoms with Crippen LogP contribution < -0.4 is 0 Å². The SMILES string of the molecule is CCCCCC/C=C\COC(=O)CCCCCCCN(CCCCCCCC(=O)O[C@H]1CC[C@@]2(C)C(=CC[C@H]3[C@@H]4CC[C@H]([C@H](C)CCCC(C)C)[C@H]4CC[C@@H]32)C1)C(=O)SCCN(C)C. The average Bonchev–Trinajstić information content (AvgIpc) is 3.70. The van der Waals surface area contributed by atoms with Crippen LogP contribution in [0.4, 0.5) is 4.79 Å². The van der Waals surface area contributed by atoms with Gasteiger partial charge in [-0.25, -0.2) is 0 Å². The van der Waals surface area contributed by atoms with Gasteiger partial charge < -0.3 is 19.3 Å². The van der Waals surface area contributed by atoms with Crippen LogP contribution in [-0.4, -0.2) is 79.2 Å². The molecular weight excluding hydrogens is 813 g/mol. The summed E-state index contributed by atoms with van der Waals surface area (Å²) in [6.45, 7) is 15.0. The minimum Gasteiger partial charge on any atom is -0.462 e. The van der Waals surface area contributed by atoms with Crippen LogP contribution in [0, 0.1) is 46.8 Å². The number of carbonyl (C=O) groups is 3. The van der Waals surface area contributed by atoms with Crippen molar-refractivity contribution in [3.8, 4) is 0 Å². The summed E-state index contributed by atoms with van der Waals surface area (Å²) in [6.07, 6.45) is 38.3. The van der Waals surface area contributed by atoms with Crippen LogP contribution in [0.1, 0.15) is 214 Å². The quantitative estimate of drug-likeness (QED) is 0.0378. The number of fused-ring (bicyclic) bond motifs is 5. The van der Waals surface area contributed by atoms with Crippen molar-refractivity contribution in [2.45, 2.75) is 221 Å². The standard InChI is InChI=1S/C56H98N2O5S/c1-8-9-10-11-12-19-24-41-62-53(59)28-20-15-13-17-22-38-58(55(61)64-42-40-57(6)7)39-23-18-14-16-21-29-54(60)63-47-36-37-56(5)46(43-47)30-31-51-50-33-32-48(49(50)34-35-52(51)56)45(4)27-25-26-44(2)3/h19,24,30,44-45,47-52H,8-18,20-23,25-29,31-43H2,1-7H3/b24-19-/t45-,47+,48-,49-,50-,51+,52+,56+/m1/s1. The lowest BCUT2D eigenvalue weighted by atomic mass is 9.50. The molecule has 0 heterocycles. The summed E-state index contributed by atoms with van der Waals surface area (Å²) in [5, 5.41) is 0.196. The monoisotopic (exact) mass is 911 g/mol. The van der Waals surface area contributed by atoms with Crippen LogP contribution in [0.3, 0.4) is 0 Å². The summed E-state index contributed by atoms with van der Waals surface area (Å²) in [5.74, 6) is 6.92. The van der Waals surface area contributed by atoms with Gasteiger partial charge in [0.25, 0.3) is 5.24 Å². The number of carbonyl (C=O) groups excluding carboxylic acids is 3. The van der Waals surface area contributed by atoms with Crippen molar-refractivity contribution in [2.24, 2.45) is 46.8 Å². The van der Waals surface area contributed by atoms with Gasteiger partial charge in [-0.3, -0.25) is 14.4 Å². The van der Waals surface area contributed by atoms with E-state index in [9.17, 15) is 14.4 Å². The Labute approximate surface area is 398 Å². The number of amides is 1. The number of allylic oxidation sites excluding steroid dienone is 2. The average molecular weight is 911 g/mol. The van der Waals surface area contributed by atoms with Crippen LogP contribution in [0.2, 0.25) is 0 Å². The van der Waals surface area contributed by atoms with Crippen molar-refractivity contribution in [3.05, 3.63) is 23.8 Å². The number of esters is 2. The van der Waals surface area contributed by atoms with E-state index in [2.05, 4.69) is 56.6 Å². The summed E-state index contributed by atoms with van der Waals surface area (Å²) >= 11 is 1.44. The number of unbranched alkanes of at least 4 members (excludes halogenated alkanes) is 12. The molecule has 3 saturated carbocycles. The van der Waals surface area contributed by atoms with Gasteiger partial charge in [-0.05, 0) is 144 Å². The highest BCUT2D eigenvalue weighted by Gasteiger charge is 2.54. The Morgan fingerprint density at radius 3 is 2.12 bits per heavy atom. The van der Waals surface area contributed by atoms with Gasteiger partial charge in [-0.15, -0.1) is 0 Å². The highest BCUT2D eigenvalue weighted by molar-refractivity contribution is 8.13. The number of ether oxygens (including phenoxy) is 2. The fraction of sp³-hybridized carbons (Fsp3) is 0.875. The van der Waals surface area contributed by atoms with Gasteiger partial charge in [0.15, 0.2) is 0 Å². The van der Waals surface area contributed by atoms with Gasteiger partial charge in [0.2, 0.25) is 0 Å². The topological polar surface area (TPSA) is 76.1 Å². The maximum atomic E-state index is 13.2. The highest BCUT2D eigenvalue weighted by Crippen LogP contribution is 2.63. The van der Waals surface area contributed by atoms with Crippen LogP contribution in [0.25, 0.3) is 0 Å². The minimum atomic E-state index is -0.102. The lowest BCUT2D eigenvalue weighted by molar-refractivity contribution is -0.151. The van der Waals surface area contributed by atoms with E-state index in [0.717, 1.165) is 150 Å². The third kappa shape index (κ3) is 19.1. The van der Waals surface area contributed by atoms with E-state index in [1.165, 1.54) is 95.2 Å². The molecule has 0 aliphatic heterocycles. The first kappa shape index (κ1) is 54.8. The van der Waals surface area contributed by atoms with Crippen LogP contribution in [0.15, 0.2) is 23.8 Å². The van der Waals surface area contributed by atoms with E-state index in [-0.39, 0.29) is 23.3 Å². The number of hydrogen-bond donors (Lipinski definition) is 0. The molecule has 0 spiro atoms. The molecule has 0 bridgehead atoms. The van der Waals surface area contributed by atoms with E-state index in [4.69, 9.17) is 9.47 Å². The first-order chi connectivity index (χ1) is 30.9. The Bertz CT molecular complexity index is 1400. The van der Waals surface area contributed by atoms with Gasteiger partial charge >= 0.3 is 11.9 Å². The maximum Gasteiger partial charge on any atom is 0.306 e. The molecule has 64 heavy (non-hydrogen) atoms. The number of thioether (sulfide) groups is 1. The molecule has 368 valence electrons. The second kappa shape index (κ2) is 30.6. The van der Waals surface area contributed by atoms with Gasteiger partial charge in [-0.1, -0.05) is 147 Å². The van der Waals surface area contributed by atoms with Crippen LogP contribution >= 0.6 is 11.8 Å². The zero-order chi connectivity index (χ0) is 46.2. The predicted molar refractivity (Wildman–Crippen MR) is 271 cm³/mol. The molecule has 0 aromatic heterocycles. The second-order valence-electron chi connectivity index (χ2n) is 21.9. The normalized spacial score (nSPS) is 25.8. The fourth-order valence-corrected chi connectivity index (χ4v) is 13.4. The largest absolute Gasteiger partial charge is 0.462 e. The molecular formula is C56H98N2O5S. The third-order valence-corrected chi connectivity index (χ3v) is 17.2. The third-order valence-electron chi connectivity index (χ3n) is 16.3. The molecule has 7 nitrogen and oxygen atoms in total. The Hall–Kier alpha value is -1.80. The first-order valence-electron chi connectivity index (χ1n) is 27.2. The minimum absolute atomic E-state index is 0.00871. The Kier molecular flexibility index (Phi) is 26.2. The smallest absolute Gasteiger partial charge is 0.306 e. The molecule has 8 heteroatoms. The van der Waals surface area contributed by atoms with Crippen LogP contribution in [-0.2, 0) is 19.1 Å². The molecule has 0 unspecified atom stereocenters. The molecule has 0 radical (unpaired) electrons. The summed E-state index contributed by atoms with van der Waals surface area (Å²) in [6, 6.07) is 0. The van der Waals surface area contributed by atoms with Crippen LogP contribution in [0.5, 0.6) is 0 Å². The lowest BCUT2D eigenvalue weighted by Gasteiger charge is -2.55. The van der Waals surface area contributed by atoms with E-state index in [1.807, 2.05) is 20.2 Å². The van der Waals surface area contributed by atoms with Crippen molar-refractivity contribution < 1.29 is 23.9 Å².